The Bertz CT molecular complexity index is 1570. The number of halogens is 1. The van der Waals surface area contributed by atoms with Crippen LogP contribution in [0.2, 0.25) is 0 Å². The molecule has 0 fully saturated rings. The van der Waals surface area contributed by atoms with Crippen LogP contribution in [-0.4, -0.2) is 63.0 Å². The molecule has 10 nitrogen and oxygen atoms in total. The summed E-state index contributed by atoms with van der Waals surface area (Å²) in [5, 5.41) is 19.7. The van der Waals surface area contributed by atoms with Gasteiger partial charge in [0.25, 0.3) is 0 Å². The Kier molecular flexibility index (Phi) is 8.53. The van der Waals surface area contributed by atoms with Crippen LogP contribution in [-0.2, 0) is 9.53 Å². The number of carbonyl (C=O) groups is 2. The van der Waals surface area contributed by atoms with Gasteiger partial charge in [0.2, 0.25) is 0 Å². The minimum absolute atomic E-state index is 0.00619. The van der Waals surface area contributed by atoms with E-state index in [0.717, 1.165) is 35.6 Å². The molecule has 2 atom stereocenters. The van der Waals surface area contributed by atoms with Crippen LogP contribution in [0.25, 0.3) is 0 Å². The van der Waals surface area contributed by atoms with Gasteiger partial charge in [-0.15, -0.1) is 0 Å². The van der Waals surface area contributed by atoms with Crippen molar-refractivity contribution in [2.75, 3.05) is 55.4 Å². The van der Waals surface area contributed by atoms with Crippen molar-refractivity contribution in [3.63, 3.8) is 0 Å². The third kappa shape index (κ3) is 5.73. The number of carboxylic acid groups (broad SMARTS) is 1. The van der Waals surface area contributed by atoms with E-state index >= 15 is 4.39 Å². The maximum absolute atomic E-state index is 16.6. The number of aliphatic imine (C=N–C) groups is 1. The highest BCUT2D eigenvalue weighted by Gasteiger charge is 2.46. The molecule has 230 valence electrons. The highest BCUT2D eigenvalue weighted by Crippen LogP contribution is 2.53. The van der Waals surface area contributed by atoms with Crippen molar-refractivity contribution in [3.8, 4) is 5.75 Å². The van der Waals surface area contributed by atoms with Gasteiger partial charge in [0.05, 0.1) is 35.8 Å². The number of ketones is 1. The minimum Gasteiger partial charge on any atom is -0.501 e. The van der Waals surface area contributed by atoms with E-state index in [1.165, 1.54) is 0 Å². The number of methoxy groups -OCH3 is 1. The largest absolute Gasteiger partial charge is 0.501 e. The second kappa shape index (κ2) is 12.8. The third-order valence-corrected chi connectivity index (χ3v) is 8.39. The molecular weight excluding hydrogens is 565 g/mol. The first-order chi connectivity index (χ1) is 21.5. The second-order valence-electron chi connectivity index (χ2n) is 11.1. The molecule has 1 unspecified atom stereocenters. The number of carbonyl (C=O) groups excluding carboxylic acids is 1. The molecule has 3 heterocycles. The van der Waals surface area contributed by atoms with Crippen LogP contribution < -0.4 is 25.6 Å². The zero-order valence-electron chi connectivity index (χ0n) is 24.6. The molecule has 0 aromatic heterocycles. The summed E-state index contributed by atoms with van der Waals surface area (Å²) in [6.45, 7) is 1.21. The van der Waals surface area contributed by atoms with Crippen LogP contribution in [0.1, 0.15) is 47.6 Å². The molecule has 0 saturated carbocycles. The average molecular weight is 602 g/mol. The number of Topliss-reactive ketones (excluding diaryl/α,β-unsaturated/α-hetero) is 1. The molecule has 2 aromatic rings. The predicted molar refractivity (Wildman–Crippen MR) is 167 cm³/mol. The van der Waals surface area contributed by atoms with E-state index in [0.29, 0.717) is 31.6 Å². The molecule has 0 radical (unpaired) electrons. The van der Waals surface area contributed by atoms with E-state index in [4.69, 9.17) is 9.47 Å². The van der Waals surface area contributed by atoms with Crippen LogP contribution in [0.4, 0.5) is 21.5 Å². The zero-order valence-corrected chi connectivity index (χ0v) is 24.6. The van der Waals surface area contributed by atoms with Gasteiger partial charge in [0, 0.05) is 38.8 Å². The quantitative estimate of drug-likeness (QED) is 0.207. The van der Waals surface area contributed by atoms with Gasteiger partial charge in [0.1, 0.15) is 24.0 Å². The van der Waals surface area contributed by atoms with Gasteiger partial charge in [-0.25, -0.2) is 9.38 Å². The molecule has 11 heteroatoms. The number of aliphatic carboxylic acids is 1. The molecule has 0 saturated heterocycles. The van der Waals surface area contributed by atoms with Gasteiger partial charge in [-0.3, -0.25) is 9.59 Å². The summed E-state index contributed by atoms with van der Waals surface area (Å²) in [6, 6.07) is 9.23. The number of nitrogens with zero attached hydrogens (tertiary/aromatic N) is 2. The van der Waals surface area contributed by atoms with Gasteiger partial charge < -0.3 is 35.4 Å². The minimum atomic E-state index is -1.35. The van der Waals surface area contributed by atoms with E-state index < -0.39 is 23.5 Å². The Morgan fingerprint density at radius 1 is 1.11 bits per heavy atom. The lowest BCUT2D eigenvalue weighted by molar-refractivity contribution is -0.139. The van der Waals surface area contributed by atoms with E-state index in [-0.39, 0.29) is 48.4 Å². The normalized spacial score (nSPS) is 20.5. The summed E-state index contributed by atoms with van der Waals surface area (Å²) in [6.07, 6.45) is 10.9. The van der Waals surface area contributed by atoms with E-state index in [9.17, 15) is 14.7 Å². The number of anilines is 3. The molecule has 44 heavy (non-hydrogen) atoms. The maximum Gasteiger partial charge on any atom is 0.316 e. The van der Waals surface area contributed by atoms with Crippen molar-refractivity contribution in [2.45, 2.75) is 31.7 Å². The van der Waals surface area contributed by atoms with E-state index in [2.05, 4.69) is 20.9 Å². The van der Waals surface area contributed by atoms with Gasteiger partial charge in [-0.1, -0.05) is 42.0 Å². The average Bonchev–Trinajstić information content (AvgIpc) is 3.05. The summed E-state index contributed by atoms with van der Waals surface area (Å²) >= 11 is 0. The smallest absolute Gasteiger partial charge is 0.316 e. The highest BCUT2D eigenvalue weighted by molar-refractivity contribution is 6.18. The fraction of sp³-hybridized carbons (Fsp3) is 0.364. The van der Waals surface area contributed by atoms with Gasteiger partial charge >= 0.3 is 5.97 Å². The summed E-state index contributed by atoms with van der Waals surface area (Å²) < 4.78 is 28.2. The van der Waals surface area contributed by atoms with E-state index in [1.54, 1.807) is 7.11 Å². The monoisotopic (exact) mass is 601 g/mol. The summed E-state index contributed by atoms with van der Waals surface area (Å²) in [7, 11) is 1.63. The molecular formula is C33H36FN5O5. The molecule has 1 aliphatic carbocycles. The van der Waals surface area contributed by atoms with Gasteiger partial charge in [-0.05, 0) is 37.0 Å². The number of allylic oxidation sites excluding steroid dienone is 4. The van der Waals surface area contributed by atoms with Crippen molar-refractivity contribution in [2.24, 2.45) is 10.9 Å². The first kappa shape index (κ1) is 29.3. The number of rotatable bonds is 11. The molecule has 0 spiro atoms. The van der Waals surface area contributed by atoms with Gasteiger partial charge in [0.15, 0.2) is 17.3 Å². The molecule has 4 N–H and O–H groups in total. The van der Waals surface area contributed by atoms with Crippen molar-refractivity contribution in [1.82, 2.24) is 5.32 Å². The number of carboxylic acids is 1. The summed E-state index contributed by atoms with van der Waals surface area (Å²) in [4.78, 5) is 32.4. The van der Waals surface area contributed by atoms with Crippen LogP contribution in [0.5, 0.6) is 5.75 Å². The SMILES string of the molecule is COC1=CC=C(CNc2c(F)c(NCCNC3=CCCC=N3)c3c4c2C(=O)C(C(=O)O)CN4[C@@H](c2ccccc2)CO3)CC1. The second-order valence-corrected chi connectivity index (χ2v) is 11.1. The number of benzene rings is 2. The Morgan fingerprint density at radius 2 is 1.93 bits per heavy atom. The fourth-order valence-corrected chi connectivity index (χ4v) is 6.07. The first-order valence-electron chi connectivity index (χ1n) is 14.9. The molecule has 6 rings (SSSR count). The third-order valence-electron chi connectivity index (χ3n) is 8.39. The standard InChI is InChI=1S/C33H36FN5O5/c1-43-22-12-10-20(11-13-22)17-38-28-26-30-32(29(27(28)34)37-16-15-36-25-9-5-6-14-35-25)44-19-24(21-7-3-2-4-8-21)39(30)18-23(31(26)40)33(41)42/h2-4,7-10,12,14,23-24,36-38H,5-6,11,13,15-19H2,1H3,(H,41,42)/t23?,24-/m1/s1. The molecule has 0 amide bonds. The van der Waals surface area contributed by atoms with E-state index in [1.807, 2.05) is 59.7 Å². The predicted octanol–water partition coefficient (Wildman–Crippen LogP) is 5.03. The van der Waals surface area contributed by atoms with Crippen LogP contribution >= 0.6 is 0 Å². The Labute approximate surface area is 255 Å². The number of ether oxygens (including phenoxy) is 2. The van der Waals surface area contributed by atoms with Gasteiger partial charge in [-0.2, -0.15) is 0 Å². The molecule has 4 aliphatic rings. The Morgan fingerprint density at radius 3 is 2.64 bits per heavy atom. The van der Waals surface area contributed by atoms with Crippen LogP contribution in [0.15, 0.2) is 70.7 Å². The lowest BCUT2D eigenvalue weighted by atomic mass is 9.85. The zero-order chi connectivity index (χ0) is 30.6. The van der Waals surface area contributed by atoms with Crippen molar-refractivity contribution < 1.29 is 28.6 Å². The number of hydrogen-bond acceptors (Lipinski definition) is 9. The topological polar surface area (TPSA) is 125 Å². The summed E-state index contributed by atoms with van der Waals surface area (Å²) in [5.74, 6) is -2.07. The summed E-state index contributed by atoms with van der Waals surface area (Å²) in [5.41, 5.74) is 2.43. The lowest BCUT2D eigenvalue weighted by Crippen LogP contribution is -2.48. The Balaban J connectivity index is 1.40. The maximum atomic E-state index is 16.6. The van der Waals surface area contributed by atoms with Crippen molar-refractivity contribution >= 4 is 35.0 Å². The first-order valence-corrected chi connectivity index (χ1v) is 14.9. The van der Waals surface area contributed by atoms with Crippen molar-refractivity contribution in [1.29, 1.82) is 0 Å². The Hall–Kier alpha value is -4.80. The number of hydrogen-bond donors (Lipinski definition) is 4. The van der Waals surface area contributed by atoms with Crippen LogP contribution in [0.3, 0.4) is 0 Å². The molecule has 0 bridgehead atoms. The number of nitrogens with one attached hydrogen (secondary N) is 3. The van der Waals surface area contributed by atoms with Crippen LogP contribution in [0, 0.1) is 11.7 Å². The molecule has 2 aromatic carbocycles. The molecule has 3 aliphatic heterocycles. The fourth-order valence-electron chi connectivity index (χ4n) is 6.07. The highest BCUT2D eigenvalue weighted by atomic mass is 19.1. The van der Waals surface area contributed by atoms with Crippen molar-refractivity contribution in [3.05, 3.63) is 82.7 Å². The lowest BCUT2D eigenvalue weighted by Gasteiger charge is -2.44.